The molecule has 2 heterocycles. The van der Waals surface area contributed by atoms with Gasteiger partial charge < -0.3 is 19.9 Å². The van der Waals surface area contributed by atoms with Gasteiger partial charge in [-0.3, -0.25) is 4.79 Å². The van der Waals surface area contributed by atoms with Crippen molar-refractivity contribution in [2.45, 2.75) is 32.1 Å². The summed E-state index contributed by atoms with van der Waals surface area (Å²) in [6, 6.07) is 0. The van der Waals surface area contributed by atoms with Crippen LogP contribution in [0.4, 0.5) is 4.79 Å². The van der Waals surface area contributed by atoms with Gasteiger partial charge in [0.15, 0.2) is 0 Å². The number of H-pyrrole nitrogens is 1. The predicted octanol–water partition coefficient (Wildman–Crippen LogP) is 1.33. The molecule has 0 aromatic carbocycles. The monoisotopic (exact) mass is 294 g/mol. The van der Waals surface area contributed by atoms with Gasteiger partial charge in [-0.2, -0.15) is 0 Å². The first-order valence-corrected chi connectivity index (χ1v) is 7.40. The first-order valence-electron chi connectivity index (χ1n) is 7.40. The number of aromatic amines is 1. The lowest BCUT2D eigenvalue weighted by atomic mass is 10.1. The summed E-state index contributed by atoms with van der Waals surface area (Å²) in [6.45, 7) is 1.86. The van der Waals surface area contributed by atoms with Gasteiger partial charge in [0.05, 0.1) is 0 Å². The van der Waals surface area contributed by atoms with Crippen molar-refractivity contribution in [2.24, 2.45) is 0 Å². The number of piperazine rings is 1. The summed E-state index contributed by atoms with van der Waals surface area (Å²) in [5.41, 5.74) is 0. The second-order valence-electron chi connectivity index (χ2n) is 5.25. The van der Waals surface area contributed by atoms with E-state index in [1.807, 2.05) is 6.20 Å². The van der Waals surface area contributed by atoms with Crippen molar-refractivity contribution in [1.29, 1.82) is 0 Å². The van der Waals surface area contributed by atoms with Gasteiger partial charge in [-0.05, 0) is 12.8 Å². The van der Waals surface area contributed by atoms with E-state index in [-0.39, 0.29) is 5.91 Å². The van der Waals surface area contributed by atoms with Gasteiger partial charge in [-0.15, -0.1) is 0 Å². The minimum Gasteiger partial charge on any atom is -0.465 e. The van der Waals surface area contributed by atoms with Gasteiger partial charge >= 0.3 is 6.09 Å². The van der Waals surface area contributed by atoms with Crippen molar-refractivity contribution < 1.29 is 14.7 Å². The number of amides is 2. The Hall–Kier alpha value is -2.05. The molecule has 7 heteroatoms. The zero-order valence-corrected chi connectivity index (χ0v) is 12.1. The van der Waals surface area contributed by atoms with Crippen LogP contribution in [0.1, 0.15) is 31.5 Å². The molecule has 7 nitrogen and oxygen atoms in total. The molecule has 0 radical (unpaired) electrons. The largest absolute Gasteiger partial charge is 0.465 e. The van der Waals surface area contributed by atoms with Crippen molar-refractivity contribution in [3.05, 3.63) is 18.2 Å². The second-order valence-corrected chi connectivity index (χ2v) is 5.25. The van der Waals surface area contributed by atoms with Gasteiger partial charge in [0.2, 0.25) is 5.91 Å². The number of nitrogens with one attached hydrogen (secondary N) is 1. The Labute approximate surface area is 124 Å². The lowest BCUT2D eigenvalue weighted by Crippen LogP contribution is -2.50. The molecule has 21 heavy (non-hydrogen) atoms. The average molecular weight is 294 g/mol. The summed E-state index contributed by atoms with van der Waals surface area (Å²) in [7, 11) is 0. The van der Waals surface area contributed by atoms with E-state index in [2.05, 4.69) is 9.97 Å². The van der Waals surface area contributed by atoms with Crippen LogP contribution in [0.3, 0.4) is 0 Å². The lowest BCUT2D eigenvalue weighted by molar-refractivity contribution is -0.132. The summed E-state index contributed by atoms with van der Waals surface area (Å²) in [4.78, 5) is 33.1. The number of aryl methyl sites for hydroxylation is 1. The van der Waals surface area contributed by atoms with Crippen LogP contribution in [0, 0.1) is 0 Å². The third-order valence-corrected chi connectivity index (χ3v) is 3.76. The van der Waals surface area contributed by atoms with Crippen molar-refractivity contribution in [1.82, 2.24) is 19.8 Å². The Balaban J connectivity index is 1.56. The number of nitrogens with zero attached hydrogens (tertiary/aromatic N) is 3. The fraction of sp³-hybridized carbons (Fsp3) is 0.643. The Morgan fingerprint density at radius 1 is 1.14 bits per heavy atom. The van der Waals surface area contributed by atoms with Crippen molar-refractivity contribution in [3.8, 4) is 0 Å². The highest BCUT2D eigenvalue weighted by Crippen LogP contribution is 2.09. The van der Waals surface area contributed by atoms with Gasteiger partial charge in [0.1, 0.15) is 5.82 Å². The third-order valence-electron chi connectivity index (χ3n) is 3.76. The highest BCUT2D eigenvalue weighted by Gasteiger charge is 2.23. The van der Waals surface area contributed by atoms with Crippen LogP contribution in [0.25, 0.3) is 0 Å². The van der Waals surface area contributed by atoms with E-state index < -0.39 is 6.09 Å². The molecule has 1 fully saturated rings. The van der Waals surface area contributed by atoms with E-state index in [0.717, 1.165) is 31.5 Å². The molecular formula is C14H22N4O3. The van der Waals surface area contributed by atoms with Crippen LogP contribution in [-0.2, 0) is 11.2 Å². The number of imidazole rings is 1. The molecule has 0 atom stereocenters. The van der Waals surface area contributed by atoms with Gasteiger partial charge in [-0.25, -0.2) is 9.78 Å². The Morgan fingerprint density at radius 2 is 1.86 bits per heavy atom. The van der Waals surface area contributed by atoms with Gasteiger partial charge in [0, 0.05) is 51.4 Å². The second kappa shape index (κ2) is 7.66. The number of unbranched alkanes of at least 4 members (excludes halogenated alkanes) is 2. The Bertz CT molecular complexity index is 453. The fourth-order valence-electron chi connectivity index (χ4n) is 2.49. The molecule has 0 aliphatic carbocycles. The molecule has 0 saturated carbocycles. The molecule has 2 N–H and O–H groups in total. The summed E-state index contributed by atoms with van der Waals surface area (Å²) in [5, 5.41) is 8.86. The predicted molar refractivity (Wildman–Crippen MR) is 76.9 cm³/mol. The van der Waals surface area contributed by atoms with E-state index in [4.69, 9.17) is 5.11 Å². The summed E-state index contributed by atoms with van der Waals surface area (Å²) < 4.78 is 0. The molecule has 2 rings (SSSR count). The van der Waals surface area contributed by atoms with Crippen LogP contribution in [-0.4, -0.2) is 63.1 Å². The van der Waals surface area contributed by atoms with E-state index in [0.29, 0.717) is 32.6 Å². The van der Waals surface area contributed by atoms with Crippen LogP contribution in [0.2, 0.25) is 0 Å². The van der Waals surface area contributed by atoms with Crippen molar-refractivity contribution in [2.75, 3.05) is 26.2 Å². The van der Waals surface area contributed by atoms with Crippen LogP contribution in [0.5, 0.6) is 0 Å². The first kappa shape index (κ1) is 15.3. The van der Waals surface area contributed by atoms with E-state index in [9.17, 15) is 9.59 Å². The highest BCUT2D eigenvalue weighted by molar-refractivity contribution is 5.76. The fourth-order valence-corrected chi connectivity index (χ4v) is 2.49. The molecule has 1 aromatic heterocycles. The molecule has 1 aliphatic heterocycles. The zero-order valence-electron chi connectivity index (χ0n) is 12.1. The summed E-state index contributed by atoms with van der Waals surface area (Å²) >= 11 is 0. The van der Waals surface area contributed by atoms with Crippen molar-refractivity contribution >= 4 is 12.0 Å². The SMILES string of the molecule is O=C(O)N1CCN(C(=O)CCCCCc2ncc[nH]2)CC1. The molecule has 1 saturated heterocycles. The molecule has 0 bridgehead atoms. The quantitative estimate of drug-likeness (QED) is 0.775. The van der Waals surface area contributed by atoms with Crippen LogP contribution in [0.15, 0.2) is 12.4 Å². The standard InChI is InChI=1S/C14H22N4O3/c19-13(17-8-10-18(11-9-17)14(20)21)5-3-1-2-4-12-15-6-7-16-12/h6-7H,1-5,8-11H2,(H,15,16)(H,20,21). The van der Waals surface area contributed by atoms with Crippen LogP contribution < -0.4 is 0 Å². The van der Waals surface area contributed by atoms with Crippen LogP contribution >= 0.6 is 0 Å². The number of hydrogen-bond donors (Lipinski definition) is 2. The molecule has 0 spiro atoms. The highest BCUT2D eigenvalue weighted by atomic mass is 16.4. The number of hydrogen-bond acceptors (Lipinski definition) is 3. The van der Waals surface area contributed by atoms with E-state index in [1.165, 1.54) is 4.90 Å². The molecule has 1 aliphatic rings. The number of carbonyl (C=O) groups is 2. The van der Waals surface area contributed by atoms with E-state index >= 15 is 0 Å². The zero-order chi connectivity index (χ0) is 15.1. The lowest BCUT2D eigenvalue weighted by Gasteiger charge is -2.33. The molecule has 116 valence electrons. The van der Waals surface area contributed by atoms with E-state index in [1.54, 1.807) is 11.1 Å². The number of carboxylic acid groups (broad SMARTS) is 1. The van der Waals surface area contributed by atoms with Gasteiger partial charge in [0.25, 0.3) is 0 Å². The maximum absolute atomic E-state index is 12.0. The summed E-state index contributed by atoms with van der Waals surface area (Å²) in [6.07, 6.45) is 7.02. The normalized spacial score (nSPS) is 15.2. The smallest absolute Gasteiger partial charge is 0.407 e. The Kier molecular flexibility index (Phi) is 5.59. The van der Waals surface area contributed by atoms with Crippen molar-refractivity contribution in [3.63, 3.8) is 0 Å². The third kappa shape index (κ3) is 4.77. The maximum Gasteiger partial charge on any atom is 0.407 e. The molecule has 1 aromatic rings. The Morgan fingerprint density at radius 3 is 2.48 bits per heavy atom. The minimum absolute atomic E-state index is 0.137. The summed E-state index contributed by atoms with van der Waals surface area (Å²) in [5.74, 6) is 1.13. The molecular weight excluding hydrogens is 272 g/mol. The molecule has 0 unspecified atom stereocenters. The number of rotatable bonds is 6. The first-order chi connectivity index (χ1) is 10.2. The minimum atomic E-state index is -0.903. The topological polar surface area (TPSA) is 89.5 Å². The average Bonchev–Trinajstić information content (AvgIpc) is 3.00. The number of carbonyl (C=O) groups excluding carboxylic acids is 1. The van der Waals surface area contributed by atoms with Gasteiger partial charge in [-0.1, -0.05) is 6.42 Å². The maximum atomic E-state index is 12.0. The number of aromatic nitrogens is 2. The molecule has 2 amide bonds.